The molecule has 0 bridgehead atoms. The highest BCUT2D eigenvalue weighted by atomic mass is 32.2. The Labute approximate surface area is 346 Å². The number of allylic oxidation sites excluding steroid dienone is 2. The maximum Gasteiger partial charge on any atom is 0.427 e. The molecule has 318 valence electrons. The summed E-state index contributed by atoms with van der Waals surface area (Å²) in [5.41, 5.74) is -6.44. The number of methoxy groups -OCH3 is 1. The summed E-state index contributed by atoms with van der Waals surface area (Å²) < 4.78 is 134. The number of ketones is 1. The number of halogens is 3. The average molecular weight is 840 g/mol. The minimum atomic E-state index is -6.10. The Hall–Kier alpha value is -4.21. The van der Waals surface area contributed by atoms with Crippen molar-refractivity contribution in [2.75, 3.05) is 13.7 Å². The summed E-state index contributed by atoms with van der Waals surface area (Å²) >= 11 is 0. The molecule has 1 aromatic carbocycles. The van der Waals surface area contributed by atoms with Crippen LogP contribution in [0, 0.1) is 29.1 Å². The molecule has 1 aromatic heterocycles. The van der Waals surface area contributed by atoms with Crippen molar-refractivity contribution in [1.82, 2.24) is 14.6 Å². The lowest BCUT2D eigenvalue weighted by Crippen LogP contribution is -2.49. The zero-order chi connectivity index (χ0) is 47.4. The van der Waals surface area contributed by atoms with Gasteiger partial charge in [-0.1, -0.05) is 50.6 Å². The van der Waals surface area contributed by atoms with Crippen molar-refractivity contribution >= 4 is 44.4 Å². The fourth-order valence-corrected chi connectivity index (χ4v) is 9.68. The van der Waals surface area contributed by atoms with Gasteiger partial charge < -0.3 is 19.1 Å². The number of ether oxygens (including phenoxy) is 3. The van der Waals surface area contributed by atoms with Gasteiger partial charge in [-0.3, -0.25) is 23.9 Å². The Balaban J connectivity index is 1.41. The number of Topliss-reactive ketones (excluding diaryl/α,β-unsaturated/α-hetero) is 1. The van der Waals surface area contributed by atoms with E-state index in [0.717, 1.165) is 4.90 Å². The molecular formula is C42H54F3N3O9S. The molecule has 4 aliphatic rings. The van der Waals surface area contributed by atoms with E-state index in [1.54, 1.807) is 37.3 Å². The third-order valence-electron chi connectivity index (χ3n) is 12.4. The molecule has 1 saturated heterocycles. The Morgan fingerprint density at radius 3 is 2.47 bits per heavy atom. The van der Waals surface area contributed by atoms with Crippen molar-refractivity contribution in [2.45, 2.75) is 127 Å². The number of pyridine rings is 1. The highest BCUT2D eigenvalue weighted by molar-refractivity contribution is 7.91. The number of carbonyl (C=O) groups is 4. The summed E-state index contributed by atoms with van der Waals surface area (Å²) in [6.07, 6.45) is -1.68. The monoisotopic (exact) mass is 839 g/mol. The molecule has 3 heterocycles. The molecule has 16 heteroatoms. The molecule has 2 saturated carbocycles. The van der Waals surface area contributed by atoms with Crippen LogP contribution in [0.1, 0.15) is 107 Å². The molecule has 0 unspecified atom stereocenters. The van der Waals surface area contributed by atoms with Crippen molar-refractivity contribution in [3.63, 3.8) is 0 Å². The summed E-state index contributed by atoms with van der Waals surface area (Å²) in [5, 5.41) is 1.16. The van der Waals surface area contributed by atoms with E-state index in [1.165, 1.54) is 20.2 Å². The molecule has 12 nitrogen and oxygen atoms in total. The number of sulfonamides is 1. The first-order chi connectivity index (χ1) is 29.6. The number of aromatic nitrogens is 1. The van der Waals surface area contributed by atoms with Gasteiger partial charge in [0, 0.05) is 31.8 Å². The van der Waals surface area contributed by atoms with E-state index in [1.807, 2.05) is 13.0 Å². The van der Waals surface area contributed by atoms with Gasteiger partial charge in [-0.25, -0.2) is 13.4 Å². The summed E-state index contributed by atoms with van der Waals surface area (Å²) in [5.74, 6) is -6.78. The third kappa shape index (κ3) is 8.72. The predicted octanol–water partition coefficient (Wildman–Crippen LogP) is 6.85. The Bertz CT molecular complexity index is 2250. The number of hydrogen-bond acceptors (Lipinski definition) is 10. The molecule has 2 amide bonds. The van der Waals surface area contributed by atoms with Crippen LogP contribution in [-0.2, 0) is 33.9 Å². The molecule has 7 atom stereocenters. The predicted molar refractivity (Wildman–Crippen MR) is 208 cm³/mol. The number of benzene rings is 1. The van der Waals surface area contributed by atoms with Gasteiger partial charge in [0.25, 0.3) is 0 Å². The fraction of sp³-hybridized carbons (Fsp3) is 0.643. The first-order valence-electron chi connectivity index (χ1n) is 22.6. The van der Waals surface area contributed by atoms with Crippen LogP contribution >= 0.6 is 0 Å². The summed E-state index contributed by atoms with van der Waals surface area (Å²) in [6.45, 7) is -4.09. The molecule has 58 heavy (non-hydrogen) atoms. The number of hydrogen-bond donors (Lipinski definition) is 1. The number of amides is 2. The number of nitrogens with one attached hydrogen (secondary N) is 1. The van der Waals surface area contributed by atoms with E-state index in [-0.39, 0.29) is 44.0 Å². The Morgan fingerprint density at radius 1 is 1.12 bits per heavy atom. The number of nitrogens with zero attached hydrogens (tertiary/aromatic N) is 2. The van der Waals surface area contributed by atoms with Crippen LogP contribution in [-0.4, -0.2) is 84.2 Å². The maximum absolute atomic E-state index is 15.1. The van der Waals surface area contributed by atoms with Crippen LogP contribution in [0.4, 0.5) is 13.2 Å². The van der Waals surface area contributed by atoms with Gasteiger partial charge >= 0.3 is 12.1 Å². The van der Waals surface area contributed by atoms with Crippen LogP contribution in [0.3, 0.4) is 0 Å². The maximum atomic E-state index is 15.1. The van der Waals surface area contributed by atoms with Crippen LogP contribution < -0.4 is 14.2 Å². The number of esters is 1. The molecule has 0 spiro atoms. The van der Waals surface area contributed by atoms with Gasteiger partial charge in [-0.15, -0.1) is 0 Å². The molecule has 1 N–H and O–H groups in total. The van der Waals surface area contributed by atoms with E-state index in [9.17, 15) is 36.0 Å². The second-order valence-electron chi connectivity index (χ2n) is 16.6. The van der Waals surface area contributed by atoms with E-state index in [4.69, 9.17) is 17.7 Å². The molecule has 3 fully saturated rings. The standard InChI is InChI=1S/C42H54F3N3O9S/c1-7-26-18-25(2)12-8-9-13-27-21-41(27,38(52)47-58(53,54)40(5)16-17-40)22-33(49)32-19-28(56-36-30-15-11-10-14-29(30)34(55-6)23-46-36)24-48(32)37(51)31(26)20-35(50)57-39(3,4)42(43,44)45/h9-11,13-15,23,25-28,31-32H,7-8,12,16-22,24H2,1-6H3,(H,47,52)/b13-9-/t25-,26-,27-,28-,31+,32+,41-/m1/s1/i3D3,4D3. The van der Waals surface area contributed by atoms with Crippen LogP contribution in [0.2, 0.25) is 0 Å². The second-order valence-corrected chi connectivity index (χ2v) is 18.8. The highest BCUT2D eigenvalue weighted by Gasteiger charge is 2.63. The van der Waals surface area contributed by atoms with Crippen LogP contribution in [0.25, 0.3) is 10.8 Å². The number of rotatable bonds is 10. The van der Waals surface area contributed by atoms with Crippen molar-refractivity contribution in [2.24, 2.45) is 29.1 Å². The van der Waals surface area contributed by atoms with E-state index >= 15 is 4.79 Å². The number of alkyl halides is 3. The summed E-state index contributed by atoms with van der Waals surface area (Å²) in [6, 6.07) is 5.62. The quantitative estimate of drug-likeness (QED) is 0.198. The van der Waals surface area contributed by atoms with Gasteiger partial charge in [-0.2, -0.15) is 13.2 Å². The molecule has 6 rings (SSSR count). The van der Waals surface area contributed by atoms with Crippen molar-refractivity contribution in [3.8, 4) is 11.6 Å². The summed E-state index contributed by atoms with van der Waals surface area (Å²) in [7, 11) is -2.66. The highest BCUT2D eigenvalue weighted by Crippen LogP contribution is 2.58. The smallest absolute Gasteiger partial charge is 0.427 e. The first kappa shape index (κ1) is 35.7. The topological polar surface area (TPSA) is 158 Å². The largest absolute Gasteiger partial charge is 0.494 e. The molecule has 2 aromatic rings. The summed E-state index contributed by atoms with van der Waals surface area (Å²) in [4.78, 5) is 63.3. The lowest BCUT2D eigenvalue weighted by Gasteiger charge is -2.34. The average Bonchev–Trinajstić information content (AvgIpc) is 4.08. The van der Waals surface area contributed by atoms with Crippen LogP contribution in [0.15, 0.2) is 42.6 Å². The first-order valence-corrected chi connectivity index (χ1v) is 21.1. The van der Waals surface area contributed by atoms with Gasteiger partial charge in [-0.05, 0) is 83.0 Å². The zero-order valence-electron chi connectivity index (χ0n) is 38.9. The molecular weight excluding hydrogens is 780 g/mol. The van der Waals surface area contributed by atoms with E-state index in [0.29, 0.717) is 42.2 Å². The number of carbonyl (C=O) groups excluding carboxylic acids is 4. The number of fused-ring (bicyclic) bond motifs is 3. The van der Waals surface area contributed by atoms with Crippen molar-refractivity contribution in [1.29, 1.82) is 0 Å². The van der Waals surface area contributed by atoms with Gasteiger partial charge in [0.2, 0.25) is 33.3 Å². The van der Waals surface area contributed by atoms with Gasteiger partial charge in [0.05, 0.1) is 48.4 Å². The van der Waals surface area contributed by atoms with E-state index in [2.05, 4.69) is 14.4 Å². The third-order valence-corrected chi connectivity index (χ3v) is 14.6. The Kier molecular flexibility index (Phi) is 9.91. The SMILES string of the molecule is [2H]C([2H])([2H])C(OC(=O)C[C@@H]1C(=O)N2C[C@H](Oc3ncc(OC)c4ccccc34)C[C@H]2C(=O)C[C@]2(C(=O)NS(=O)(=O)C3(C)CC3)C[C@H]2/C=C\CC[C@@H](C)C[C@H]1CC)(C([2H])([2H])[2H])C(F)(F)F. The minimum Gasteiger partial charge on any atom is -0.494 e. The molecule has 2 aliphatic carbocycles. The van der Waals surface area contributed by atoms with Crippen molar-refractivity contribution < 1.29 is 63.2 Å². The fourth-order valence-electron chi connectivity index (χ4n) is 8.35. The normalized spacial score (nSPS) is 31.6. The van der Waals surface area contributed by atoms with Gasteiger partial charge in [0.1, 0.15) is 11.9 Å². The minimum absolute atomic E-state index is 0.115. The van der Waals surface area contributed by atoms with Crippen molar-refractivity contribution in [3.05, 3.63) is 42.6 Å². The Morgan fingerprint density at radius 2 is 1.83 bits per heavy atom. The van der Waals surface area contributed by atoms with Gasteiger partial charge in [0.15, 0.2) is 5.78 Å². The second kappa shape index (κ2) is 16.1. The lowest BCUT2D eigenvalue weighted by molar-refractivity contribution is -0.257. The van der Waals surface area contributed by atoms with E-state index < -0.39 is 112 Å². The molecule has 0 radical (unpaired) electrons. The zero-order valence-corrected chi connectivity index (χ0v) is 33.7. The lowest BCUT2D eigenvalue weighted by atomic mass is 9.79. The van der Waals surface area contributed by atoms with Crippen LogP contribution in [0.5, 0.6) is 11.6 Å². The molecule has 2 aliphatic heterocycles.